The van der Waals surface area contributed by atoms with Crippen LogP contribution in [0.4, 0.5) is 0 Å². The van der Waals surface area contributed by atoms with Crippen LogP contribution in [0.5, 0.6) is 0 Å². The molecule has 0 saturated carbocycles. The normalized spacial score (nSPS) is 16.7. The zero-order valence-corrected chi connectivity index (χ0v) is 31.8. The van der Waals surface area contributed by atoms with E-state index in [0.29, 0.717) is 0 Å². The van der Waals surface area contributed by atoms with Gasteiger partial charge in [0.2, 0.25) is 0 Å². The SMILES string of the molecule is C1=Cc2c(c3ccccc3n2-c2ccc3c(c2)sc2cccc(-c4ccc5oc6cc(C7N=C(c8ccccc8)NC(c8ccccc8)N7)ccc6c5c4)c23)CC1. The minimum absolute atomic E-state index is 0.100. The van der Waals surface area contributed by atoms with E-state index < -0.39 is 0 Å². The summed E-state index contributed by atoms with van der Waals surface area (Å²) in [5.41, 5.74) is 12.7. The Labute approximate surface area is 333 Å². The number of rotatable bonds is 5. The number of benzene rings is 7. The Morgan fingerprint density at radius 1 is 0.632 bits per heavy atom. The summed E-state index contributed by atoms with van der Waals surface area (Å²) in [5, 5.41) is 13.5. The maximum absolute atomic E-state index is 6.56. The molecule has 0 amide bonds. The van der Waals surface area contributed by atoms with Crippen LogP contribution in [-0.2, 0) is 6.42 Å². The first-order valence-electron chi connectivity index (χ1n) is 19.7. The Kier molecular flexibility index (Phi) is 7.37. The van der Waals surface area contributed by atoms with E-state index in [1.807, 2.05) is 23.5 Å². The molecule has 0 fully saturated rings. The molecule has 0 radical (unpaired) electrons. The summed E-state index contributed by atoms with van der Waals surface area (Å²) >= 11 is 1.87. The number of hydrogen-bond donors (Lipinski definition) is 2. The number of amidine groups is 1. The van der Waals surface area contributed by atoms with Crippen molar-refractivity contribution in [3.8, 4) is 16.8 Å². The van der Waals surface area contributed by atoms with Crippen molar-refractivity contribution in [2.45, 2.75) is 25.2 Å². The van der Waals surface area contributed by atoms with Crippen LogP contribution in [0.3, 0.4) is 0 Å². The van der Waals surface area contributed by atoms with Crippen molar-refractivity contribution >= 4 is 76.3 Å². The van der Waals surface area contributed by atoms with E-state index in [4.69, 9.17) is 9.41 Å². The third kappa shape index (κ3) is 5.29. The first-order chi connectivity index (χ1) is 28.2. The van der Waals surface area contributed by atoms with Crippen LogP contribution in [0, 0.1) is 0 Å². The highest BCUT2D eigenvalue weighted by Crippen LogP contribution is 2.43. The van der Waals surface area contributed by atoms with Crippen molar-refractivity contribution in [2.24, 2.45) is 4.99 Å². The molecule has 7 aromatic carbocycles. The molecule has 1 aliphatic carbocycles. The number of para-hydroxylation sites is 1. The van der Waals surface area contributed by atoms with Crippen LogP contribution >= 0.6 is 11.3 Å². The number of aromatic nitrogens is 1. The van der Waals surface area contributed by atoms with E-state index in [9.17, 15) is 0 Å². The van der Waals surface area contributed by atoms with Crippen molar-refractivity contribution in [1.29, 1.82) is 0 Å². The van der Waals surface area contributed by atoms with Gasteiger partial charge in [-0.3, -0.25) is 5.32 Å². The Balaban J connectivity index is 0.931. The number of allylic oxidation sites excluding steroid dienone is 1. The van der Waals surface area contributed by atoms with Gasteiger partial charge in [0.1, 0.15) is 29.3 Å². The van der Waals surface area contributed by atoms with E-state index in [-0.39, 0.29) is 12.3 Å². The van der Waals surface area contributed by atoms with E-state index >= 15 is 0 Å². The molecule has 2 aliphatic rings. The van der Waals surface area contributed by atoms with Crippen LogP contribution in [0.1, 0.15) is 46.7 Å². The summed E-state index contributed by atoms with van der Waals surface area (Å²) in [4.78, 5) is 5.16. The van der Waals surface area contributed by atoms with Gasteiger partial charge in [-0.05, 0) is 89.2 Å². The Morgan fingerprint density at radius 3 is 2.39 bits per heavy atom. The molecule has 0 saturated heterocycles. The maximum Gasteiger partial charge on any atom is 0.135 e. The molecule has 10 aromatic rings. The zero-order chi connectivity index (χ0) is 37.5. The van der Waals surface area contributed by atoms with E-state index in [0.717, 1.165) is 57.3 Å². The summed E-state index contributed by atoms with van der Waals surface area (Å²) < 4.78 is 11.6. The summed E-state index contributed by atoms with van der Waals surface area (Å²) in [7, 11) is 0. The van der Waals surface area contributed by atoms with E-state index in [1.165, 1.54) is 59.1 Å². The van der Waals surface area contributed by atoms with Gasteiger partial charge in [0.25, 0.3) is 0 Å². The molecular weight excluding hydrogens is 717 g/mol. The minimum Gasteiger partial charge on any atom is -0.456 e. The first kappa shape index (κ1) is 32.5. The fourth-order valence-corrected chi connectivity index (χ4v) is 10.2. The lowest BCUT2D eigenvalue weighted by molar-refractivity contribution is 0.409. The summed E-state index contributed by atoms with van der Waals surface area (Å²) in [6.07, 6.45) is 6.44. The Morgan fingerprint density at radius 2 is 1.47 bits per heavy atom. The standard InChI is InChI=1S/C51H36N4OS/c1-3-12-31(13-4-1)49-52-50(32-14-5-2-6-15-32)54-51(53-49)34-22-25-39-41-28-33(23-27-44(41)56-45(39)29-34)36-18-11-21-46-48(36)40-26-24-35(30-47(40)57-46)55-42-19-9-7-16-37(42)38-17-8-10-20-43(38)55/h1-7,9-16,18-30,49,51,53H,8,17H2,(H,52,54). The minimum atomic E-state index is -0.261. The molecule has 57 heavy (non-hydrogen) atoms. The van der Waals surface area contributed by atoms with E-state index in [1.54, 1.807) is 0 Å². The van der Waals surface area contributed by atoms with Crippen molar-refractivity contribution in [3.63, 3.8) is 0 Å². The van der Waals surface area contributed by atoms with Gasteiger partial charge >= 0.3 is 0 Å². The number of aryl methyl sites for hydroxylation is 1. The van der Waals surface area contributed by atoms with Crippen LogP contribution < -0.4 is 10.6 Å². The molecule has 1 aliphatic heterocycles. The molecule has 2 unspecified atom stereocenters. The fraction of sp³-hybridized carbons (Fsp3) is 0.0784. The summed E-state index contributed by atoms with van der Waals surface area (Å²) in [5.74, 6) is 0.864. The van der Waals surface area contributed by atoms with Gasteiger partial charge < -0.3 is 14.3 Å². The molecule has 12 rings (SSSR count). The van der Waals surface area contributed by atoms with Crippen LogP contribution in [0.15, 0.2) is 173 Å². The second kappa shape index (κ2) is 12.9. The predicted octanol–water partition coefficient (Wildman–Crippen LogP) is 12.9. The lowest BCUT2D eigenvalue weighted by Gasteiger charge is -2.32. The third-order valence-corrected chi connectivity index (χ3v) is 12.9. The number of nitrogens with zero attached hydrogens (tertiary/aromatic N) is 2. The molecule has 4 heterocycles. The molecule has 272 valence electrons. The summed E-state index contributed by atoms with van der Waals surface area (Å²) in [6.45, 7) is 0. The Hall–Kier alpha value is -6.73. The number of hydrogen-bond acceptors (Lipinski definition) is 5. The molecule has 2 atom stereocenters. The van der Waals surface area contributed by atoms with Gasteiger partial charge in [0.05, 0.1) is 5.52 Å². The molecular formula is C51H36N4OS. The lowest BCUT2D eigenvalue weighted by Crippen LogP contribution is -2.44. The molecule has 6 heteroatoms. The van der Waals surface area contributed by atoms with Crippen LogP contribution in [-0.4, -0.2) is 10.4 Å². The smallest absolute Gasteiger partial charge is 0.135 e. The van der Waals surface area contributed by atoms with Gasteiger partial charge in [0, 0.05) is 53.3 Å². The fourth-order valence-electron chi connectivity index (χ4n) is 9.08. The molecule has 3 aromatic heterocycles. The van der Waals surface area contributed by atoms with Crippen molar-refractivity contribution in [1.82, 2.24) is 15.2 Å². The Bertz CT molecular complexity index is 3260. The highest BCUT2D eigenvalue weighted by molar-refractivity contribution is 7.26. The molecule has 0 bridgehead atoms. The van der Waals surface area contributed by atoms with Gasteiger partial charge in [-0.25, -0.2) is 4.99 Å². The second-order valence-electron chi connectivity index (χ2n) is 15.1. The molecule has 5 nitrogen and oxygen atoms in total. The van der Waals surface area contributed by atoms with E-state index in [2.05, 4.69) is 173 Å². The summed E-state index contributed by atoms with van der Waals surface area (Å²) in [6, 6.07) is 56.6. The number of thiophene rings is 1. The van der Waals surface area contributed by atoms with Gasteiger partial charge in [0.15, 0.2) is 0 Å². The highest BCUT2D eigenvalue weighted by atomic mass is 32.1. The van der Waals surface area contributed by atoms with Gasteiger partial charge in [-0.2, -0.15) is 0 Å². The van der Waals surface area contributed by atoms with Crippen molar-refractivity contribution in [2.75, 3.05) is 0 Å². The van der Waals surface area contributed by atoms with Gasteiger partial charge in [-0.1, -0.05) is 121 Å². The number of furan rings is 1. The molecule has 2 N–H and O–H groups in total. The lowest BCUT2D eigenvalue weighted by atomic mass is 9.97. The van der Waals surface area contributed by atoms with Crippen molar-refractivity contribution < 1.29 is 4.42 Å². The number of aliphatic imine (C=N–C) groups is 1. The maximum atomic E-state index is 6.56. The largest absolute Gasteiger partial charge is 0.456 e. The molecule has 0 spiro atoms. The van der Waals surface area contributed by atoms with Crippen LogP contribution in [0.2, 0.25) is 0 Å². The number of fused-ring (bicyclic) bond motifs is 9. The van der Waals surface area contributed by atoms with Gasteiger partial charge in [-0.15, -0.1) is 11.3 Å². The van der Waals surface area contributed by atoms with Crippen molar-refractivity contribution in [3.05, 3.63) is 192 Å². The van der Waals surface area contributed by atoms with Crippen LogP contribution in [0.25, 0.3) is 75.9 Å². The third-order valence-electron chi connectivity index (χ3n) is 11.8. The predicted molar refractivity (Wildman–Crippen MR) is 237 cm³/mol. The average molecular weight is 753 g/mol. The quantitative estimate of drug-likeness (QED) is 0.184. The first-order valence-corrected chi connectivity index (χ1v) is 20.5. The monoisotopic (exact) mass is 752 g/mol. The second-order valence-corrected chi connectivity index (χ2v) is 16.2. The highest BCUT2D eigenvalue weighted by Gasteiger charge is 2.26. The number of nitrogens with one attached hydrogen (secondary N) is 2. The zero-order valence-electron chi connectivity index (χ0n) is 30.9. The topological polar surface area (TPSA) is 54.5 Å². The average Bonchev–Trinajstić information content (AvgIpc) is 3.95.